The van der Waals surface area contributed by atoms with Gasteiger partial charge in [0.1, 0.15) is 6.72 Å². The Kier molecular flexibility index (Phi) is 4.11. The molecule has 116 valence electrons. The van der Waals surface area contributed by atoms with Gasteiger partial charge in [0.15, 0.2) is 6.04 Å². The lowest BCUT2D eigenvalue weighted by Crippen LogP contribution is -2.31. The Labute approximate surface area is 134 Å². The predicted octanol–water partition coefficient (Wildman–Crippen LogP) is 4.88. The van der Waals surface area contributed by atoms with Crippen molar-refractivity contribution in [2.45, 2.75) is 65.2 Å². The van der Waals surface area contributed by atoms with Crippen LogP contribution in [0.4, 0.5) is 0 Å². The highest BCUT2D eigenvalue weighted by Gasteiger charge is 2.49. The molecule has 0 radical (unpaired) electrons. The third-order valence-corrected chi connectivity index (χ3v) is 7.87. The van der Waals surface area contributed by atoms with Crippen molar-refractivity contribution in [1.82, 2.24) is 0 Å². The van der Waals surface area contributed by atoms with Gasteiger partial charge in [0.05, 0.1) is 0 Å². The number of allylic oxidation sites excluding steroid dienone is 3. The van der Waals surface area contributed by atoms with E-state index in [0.29, 0.717) is 12.0 Å². The van der Waals surface area contributed by atoms with E-state index in [2.05, 4.69) is 57.7 Å². The van der Waals surface area contributed by atoms with Gasteiger partial charge in [-0.05, 0) is 57.6 Å². The maximum Gasteiger partial charge on any atom is 0.207 e. The number of hydrogen-bond acceptors (Lipinski definition) is 1. The molecule has 0 aromatic heterocycles. The molecule has 0 amide bonds. The van der Waals surface area contributed by atoms with Crippen LogP contribution in [0.5, 0.6) is 0 Å². The first kappa shape index (κ1) is 15.4. The molecule has 2 heterocycles. The number of hydrogen-bond donors (Lipinski definition) is 0. The zero-order valence-corrected chi connectivity index (χ0v) is 15.1. The molecule has 2 heteroatoms. The minimum Gasteiger partial charge on any atom is -0.202 e. The van der Waals surface area contributed by atoms with Crippen LogP contribution in [0.25, 0.3) is 0 Å². The summed E-state index contributed by atoms with van der Waals surface area (Å²) in [7, 11) is 0. The van der Waals surface area contributed by atoms with Crippen molar-refractivity contribution in [2.24, 2.45) is 17.8 Å². The summed E-state index contributed by atoms with van der Waals surface area (Å²) >= 11 is 2.23. The standard InChI is InChI=1S/C19H30NS/c1-7-16-18-13(4)17-11(2)14(5)20(6)19(17)12(3)15(18)9-8-10-21-16/h11,14-16,18H,6-10H2,1-5H3/q+1. The number of thioether (sulfide) groups is 1. The van der Waals surface area contributed by atoms with Crippen LogP contribution in [0.2, 0.25) is 0 Å². The predicted molar refractivity (Wildman–Crippen MR) is 94.2 cm³/mol. The number of rotatable bonds is 1. The number of nitrogens with zero attached hydrogens (tertiary/aromatic N) is 1. The maximum absolute atomic E-state index is 4.37. The van der Waals surface area contributed by atoms with E-state index < -0.39 is 0 Å². The van der Waals surface area contributed by atoms with Gasteiger partial charge in [-0.1, -0.05) is 19.4 Å². The van der Waals surface area contributed by atoms with Gasteiger partial charge in [0.2, 0.25) is 5.70 Å². The molecule has 0 N–H and O–H groups in total. The second-order valence-corrected chi connectivity index (χ2v) is 8.57. The summed E-state index contributed by atoms with van der Waals surface area (Å²) in [6, 6.07) is 0.537. The monoisotopic (exact) mass is 304 g/mol. The first-order valence-electron chi connectivity index (χ1n) is 8.62. The molecule has 21 heavy (non-hydrogen) atoms. The summed E-state index contributed by atoms with van der Waals surface area (Å²) < 4.78 is 2.31. The van der Waals surface area contributed by atoms with E-state index in [1.807, 2.05) is 0 Å². The highest BCUT2D eigenvalue weighted by Crippen LogP contribution is 2.52. The molecule has 0 bridgehead atoms. The van der Waals surface area contributed by atoms with Crippen LogP contribution in [0.15, 0.2) is 22.4 Å². The summed E-state index contributed by atoms with van der Waals surface area (Å²) in [6.45, 7) is 16.3. The molecule has 5 unspecified atom stereocenters. The molecule has 0 spiro atoms. The minimum absolute atomic E-state index is 0.537. The molecule has 0 saturated carbocycles. The molecule has 2 fully saturated rings. The summed E-state index contributed by atoms with van der Waals surface area (Å²) in [5, 5.41) is 0.808. The van der Waals surface area contributed by atoms with Crippen LogP contribution >= 0.6 is 11.8 Å². The summed E-state index contributed by atoms with van der Waals surface area (Å²) in [6.07, 6.45) is 4.04. The highest BCUT2D eigenvalue weighted by atomic mass is 32.2. The third kappa shape index (κ3) is 2.17. The van der Waals surface area contributed by atoms with E-state index in [1.165, 1.54) is 30.7 Å². The Morgan fingerprint density at radius 3 is 2.62 bits per heavy atom. The number of fused-ring (bicyclic) bond motifs is 2. The summed E-state index contributed by atoms with van der Waals surface area (Å²) in [5.74, 6) is 3.49. The van der Waals surface area contributed by atoms with Crippen LogP contribution in [0, 0.1) is 17.8 Å². The van der Waals surface area contributed by atoms with Gasteiger partial charge >= 0.3 is 0 Å². The smallest absolute Gasteiger partial charge is 0.202 e. The Balaban J connectivity index is 2.16. The molecule has 5 atom stereocenters. The van der Waals surface area contributed by atoms with E-state index in [0.717, 1.165) is 17.1 Å². The van der Waals surface area contributed by atoms with E-state index in [9.17, 15) is 0 Å². The third-order valence-electron chi connectivity index (χ3n) is 6.30. The van der Waals surface area contributed by atoms with Crippen LogP contribution in [-0.4, -0.2) is 28.3 Å². The molecule has 1 aliphatic carbocycles. The quantitative estimate of drug-likeness (QED) is 0.624. The zero-order valence-electron chi connectivity index (χ0n) is 14.3. The molecule has 0 aromatic rings. The average Bonchev–Trinajstić information content (AvgIpc) is 2.66. The second-order valence-electron chi connectivity index (χ2n) is 7.22. The fraction of sp³-hybridized carbons (Fsp3) is 0.737. The van der Waals surface area contributed by atoms with Crippen molar-refractivity contribution in [2.75, 3.05) is 5.75 Å². The highest BCUT2D eigenvalue weighted by molar-refractivity contribution is 7.99. The van der Waals surface area contributed by atoms with E-state index in [-0.39, 0.29) is 0 Å². The molecule has 2 aliphatic heterocycles. The summed E-state index contributed by atoms with van der Waals surface area (Å²) in [5.41, 5.74) is 6.45. The van der Waals surface area contributed by atoms with Crippen molar-refractivity contribution < 1.29 is 4.58 Å². The molecular weight excluding hydrogens is 274 g/mol. The fourth-order valence-corrected chi connectivity index (χ4v) is 6.42. The lowest BCUT2D eigenvalue weighted by molar-refractivity contribution is -0.493. The maximum atomic E-state index is 4.37. The molecule has 2 saturated heterocycles. The normalized spacial score (nSPS) is 40.2. The lowest BCUT2D eigenvalue weighted by atomic mass is 9.69. The molecule has 0 aromatic carbocycles. The topological polar surface area (TPSA) is 3.01 Å². The Morgan fingerprint density at radius 2 is 1.95 bits per heavy atom. The fourth-order valence-electron chi connectivity index (χ4n) is 4.94. The van der Waals surface area contributed by atoms with E-state index in [4.69, 9.17) is 0 Å². The van der Waals surface area contributed by atoms with Gasteiger partial charge < -0.3 is 0 Å². The Morgan fingerprint density at radius 1 is 1.24 bits per heavy atom. The van der Waals surface area contributed by atoms with Crippen molar-refractivity contribution in [3.63, 3.8) is 0 Å². The van der Waals surface area contributed by atoms with Crippen molar-refractivity contribution in [1.29, 1.82) is 0 Å². The van der Waals surface area contributed by atoms with Gasteiger partial charge in [0.25, 0.3) is 0 Å². The van der Waals surface area contributed by atoms with Gasteiger partial charge in [-0.3, -0.25) is 0 Å². The van der Waals surface area contributed by atoms with E-state index >= 15 is 0 Å². The molecule has 1 nitrogen and oxygen atoms in total. The Bertz CT molecular complexity index is 528. The van der Waals surface area contributed by atoms with E-state index in [1.54, 1.807) is 16.7 Å². The molecule has 3 aliphatic rings. The molecule has 3 rings (SSSR count). The molecular formula is C19H30NS+. The summed E-state index contributed by atoms with van der Waals surface area (Å²) in [4.78, 5) is 0. The Hall–Kier alpha value is -0.500. The van der Waals surface area contributed by atoms with Crippen LogP contribution in [0.3, 0.4) is 0 Å². The van der Waals surface area contributed by atoms with Crippen LogP contribution in [-0.2, 0) is 0 Å². The van der Waals surface area contributed by atoms with Gasteiger partial charge in [-0.2, -0.15) is 11.8 Å². The largest absolute Gasteiger partial charge is 0.207 e. The van der Waals surface area contributed by atoms with Crippen LogP contribution in [0.1, 0.15) is 53.9 Å². The van der Waals surface area contributed by atoms with Crippen LogP contribution < -0.4 is 0 Å². The minimum atomic E-state index is 0.537. The average molecular weight is 305 g/mol. The first-order chi connectivity index (χ1) is 9.99. The van der Waals surface area contributed by atoms with Crippen molar-refractivity contribution in [3.8, 4) is 0 Å². The zero-order chi connectivity index (χ0) is 15.3. The lowest BCUT2D eigenvalue weighted by Gasteiger charge is -2.36. The van der Waals surface area contributed by atoms with Crippen molar-refractivity contribution in [3.05, 3.63) is 22.4 Å². The van der Waals surface area contributed by atoms with Gasteiger partial charge in [-0.15, -0.1) is 0 Å². The second kappa shape index (κ2) is 5.61. The van der Waals surface area contributed by atoms with Gasteiger partial charge in [-0.25, -0.2) is 4.58 Å². The van der Waals surface area contributed by atoms with Crippen molar-refractivity contribution >= 4 is 18.5 Å². The first-order valence-corrected chi connectivity index (χ1v) is 9.67. The SMILES string of the molecule is C=[N+]1C2=C(C)C3CCCSC(CC)C3C(C)=C2C(C)C1C. The van der Waals surface area contributed by atoms with Gasteiger partial charge in [0, 0.05) is 22.3 Å².